The lowest BCUT2D eigenvalue weighted by Gasteiger charge is -2.13. The second-order valence-electron chi connectivity index (χ2n) is 7.66. The van der Waals surface area contributed by atoms with Crippen molar-refractivity contribution < 1.29 is 9.53 Å². The number of aromatic nitrogens is 3. The van der Waals surface area contributed by atoms with E-state index in [1.54, 1.807) is 6.92 Å². The Balaban J connectivity index is 1.57. The van der Waals surface area contributed by atoms with E-state index in [1.807, 2.05) is 59.2 Å². The number of nitrogens with one attached hydrogen (secondary N) is 1. The van der Waals surface area contributed by atoms with Crippen LogP contribution in [0.15, 0.2) is 67.5 Å². The number of anilines is 1. The van der Waals surface area contributed by atoms with Gasteiger partial charge in [-0.05, 0) is 48.2 Å². The lowest BCUT2D eigenvalue weighted by Crippen LogP contribution is -2.34. The van der Waals surface area contributed by atoms with E-state index in [2.05, 4.69) is 33.7 Å². The van der Waals surface area contributed by atoms with Crippen LogP contribution in [-0.4, -0.2) is 26.5 Å². The Kier molecular flexibility index (Phi) is 5.04. The van der Waals surface area contributed by atoms with Gasteiger partial charge in [0.05, 0.1) is 17.1 Å². The number of ether oxygens (including phenoxy) is 1. The number of fused-ring (bicyclic) bond motifs is 3. The van der Waals surface area contributed by atoms with Crippen LogP contribution < -0.4 is 15.8 Å². The van der Waals surface area contributed by atoms with Crippen LogP contribution in [0.4, 0.5) is 5.82 Å². The van der Waals surface area contributed by atoms with Gasteiger partial charge in [-0.3, -0.25) is 4.79 Å². The van der Waals surface area contributed by atoms with E-state index in [0.29, 0.717) is 18.0 Å². The summed E-state index contributed by atoms with van der Waals surface area (Å²) in [7, 11) is 0. The molecule has 1 amide bonds. The zero-order valence-corrected chi connectivity index (χ0v) is 18.0. The maximum absolute atomic E-state index is 12.1. The normalized spacial score (nSPS) is 14.5. The number of para-hydroxylation sites is 1. The quantitative estimate of drug-likeness (QED) is 0.473. The number of benzene rings is 2. The van der Waals surface area contributed by atoms with Gasteiger partial charge in [0.15, 0.2) is 0 Å². The van der Waals surface area contributed by atoms with E-state index in [1.165, 1.54) is 6.33 Å². The van der Waals surface area contributed by atoms with Crippen LogP contribution in [0.3, 0.4) is 0 Å². The molecule has 2 aromatic heterocycles. The highest BCUT2D eigenvalue weighted by Crippen LogP contribution is 2.44. The first kappa shape index (κ1) is 20.3. The van der Waals surface area contributed by atoms with Crippen molar-refractivity contribution in [2.24, 2.45) is 0 Å². The highest BCUT2D eigenvalue weighted by molar-refractivity contribution is 6.07. The molecule has 2 aromatic carbocycles. The Hall–Kier alpha value is -4.57. The van der Waals surface area contributed by atoms with Gasteiger partial charge in [0.1, 0.15) is 29.3 Å². The molecule has 5 rings (SSSR count). The summed E-state index contributed by atoms with van der Waals surface area (Å²) in [6.07, 6.45) is 1.45. The standard InChI is InChI=1S/C26H21N5O2/c1-3-7-21(32)30-20-14-31-24(16(20)2)22(23-25(27)28-15-29-26(23)31)17-10-12-19(13-11-17)33-18-8-5-4-6-9-18/h4-6,8-13,15,20H,2,14H2,1H3,(H,30,32)(H2,27,28,29)/t20-/m0/s1. The molecular weight excluding hydrogens is 414 g/mol. The summed E-state index contributed by atoms with van der Waals surface area (Å²) in [6.45, 7) is 6.40. The van der Waals surface area contributed by atoms with E-state index >= 15 is 0 Å². The van der Waals surface area contributed by atoms with Crippen molar-refractivity contribution in [1.82, 2.24) is 19.9 Å². The van der Waals surface area contributed by atoms with Crippen LogP contribution in [0.5, 0.6) is 11.5 Å². The molecule has 0 spiro atoms. The molecule has 1 aliphatic rings. The molecule has 1 aliphatic heterocycles. The van der Waals surface area contributed by atoms with Crippen LogP contribution in [0, 0.1) is 11.8 Å². The summed E-state index contributed by atoms with van der Waals surface area (Å²) in [5.41, 5.74) is 10.5. The van der Waals surface area contributed by atoms with Gasteiger partial charge in [-0.15, -0.1) is 0 Å². The summed E-state index contributed by atoms with van der Waals surface area (Å²) >= 11 is 0. The predicted octanol–water partition coefficient (Wildman–Crippen LogP) is 4.01. The zero-order chi connectivity index (χ0) is 22.9. The van der Waals surface area contributed by atoms with Gasteiger partial charge in [-0.2, -0.15) is 0 Å². The van der Waals surface area contributed by atoms with Crippen molar-refractivity contribution in [2.45, 2.75) is 19.5 Å². The smallest absolute Gasteiger partial charge is 0.296 e. The molecule has 3 heterocycles. The summed E-state index contributed by atoms with van der Waals surface area (Å²) in [5, 5.41) is 3.70. The molecule has 162 valence electrons. The topological polar surface area (TPSA) is 95.1 Å². The Morgan fingerprint density at radius 1 is 1.15 bits per heavy atom. The number of amides is 1. The number of carbonyl (C=O) groups is 1. The van der Waals surface area contributed by atoms with Gasteiger partial charge in [0.2, 0.25) is 0 Å². The highest BCUT2D eigenvalue weighted by Gasteiger charge is 2.34. The molecule has 7 heteroatoms. The van der Waals surface area contributed by atoms with Crippen LogP contribution in [0.1, 0.15) is 12.6 Å². The van der Waals surface area contributed by atoms with Crippen LogP contribution in [0.25, 0.3) is 27.7 Å². The Morgan fingerprint density at radius 2 is 1.88 bits per heavy atom. The summed E-state index contributed by atoms with van der Waals surface area (Å²) in [5.74, 6) is 6.68. The van der Waals surface area contributed by atoms with Crippen LogP contribution >= 0.6 is 0 Å². The second kappa shape index (κ2) is 8.17. The van der Waals surface area contributed by atoms with Crippen molar-refractivity contribution in [3.63, 3.8) is 0 Å². The van der Waals surface area contributed by atoms with Gasteiger partial charge in [-0.25, -0.2) is 9.97 Å². The molecular formula is C26H21N5O2. The molecule has 0 saturated heterocycles. The van der Waals surface area contributed by atoms with E-state index in [9.17, 15) is 4.79 Å². The first-order valence-corrected chi connectivity index (χ1v) is 10.4. The average Bonchev–Trinajstić information content (AvgIpc) is 3.31. The predicted molar refractivity (Wildman–Crippen MR) is 128 cm³/mol. The maximum atomic E-state index is 12.1. The van der Waals surface area contributed by atoms with Gasteiger partial charge < -0.3 is 20.4 Å². The molecule has 0 fully saturated rings. The van der Waals surface area contributed by atoms with Gasteiger partial charge in [0.25, 0.3) is 5.91 Å². The van der Waals surface area contributed by atoms with Gasteiger partial charge in [-0.1, -0.05) is 42.8 Å². The fourth-order valence-electron chi connectivity index (χ4n) is 4.20. The Bertz CT molecular complexity index is 1440. The summed E-state index contributed by atoms with van der Waals surface area (Å²) < 4.78 is 7.96. The van der Waals surface area contributed by atoms with E-state index in [4.69, 9.17) is 10.5 Å². The molecule has 4 aromatic rings. The second-order valence-corrected chi connectivity index (χ2v) is 7.66. The monoisotopic (exact) mass is 435 g/mol. The maximum Gasteiger partial charge on any atom is 0.296 e. The zero-order valence-electron chi connectivity index (χ0n) is 18.0. The number of hydrogen-bond donors (Lipinski definition) is 2. The Labute approximate surface area is 190 Å². The van der Waals surface area contributed by atoms with Crippen molar-refractivity contribution in [3.05, 3.63) is 73.2 Å². The SMILES string of the molecule is C=C1c2c(-c3ccc(Oc4ccccc4)cc3)c3c(N)ncnc3n2C[C@@H]1NC(=O)C#CC. The molecule has 33 heavy (non-hydrogen) atoms. The van der Waals surface area contributed by atoms with E-state index in [-0.39, 0.29) is 11.9 Å². The molecule has 3 N–H and O–H groups in total. The minimum absolute atomic E-state index is 0.284. The molecule has 0 unspecified atom stereocenters. The number of nitrogens with two attached hydrogens (primary N) is 1. The first-order valence-electron chi connectivity index (χ1n) is 10.4. The largest absolute Gasteiger partial charge is 0.457 e. The molecule has 0 radical (unpaired) electrons. The molecule has 0 aliphatic carbocycles. The Morgan fingerprint density at radius 3 is 2.61 bits per heavy atom. The lowest BCUT2D eigenvalue weighted by molar-refractivity contribution is -0.116. The minimum atomic E-state index is -0.336. The molecule has 7 nitrogen and oxygen atoms in total. The molecule has 0 saturated carbocycles. The van der Waals surface area contributed by atoms with Crippen LogP contribution in [-0.2, 0) is 11.3 Å². The summed E-state index contributed by atoms with van der Waals surface area (Å²) in [4.78, 5) is 20.8. The number of rotatable bonds is 4. The highest BCUT2D eigenvalue weighted by atomic mass is 16.5. The van der Waals surface area contributed by atoms with Crippen molar-refractivity contribution in [3.8, 4) is 34.5 Å². The van der Waals surface area contributed by atoms with Crippen LogP contribution in [0.2, 0.25) is 0 Å². The molecule has 1 atom stereocenters. The first-order chi connectivity index (χ1) is 16.1. The average molecular weight is 435 g/mol. The third kappa shape index (κ3) is 3.58. The summed E-state index contributed by atoms with van der Waals surface area (Å²) in [6, 6.07) is 17.1. The van der Waals surface area contributed by atoms with E-state index < -0.39 is 0 Å². The van der Waals surface area contributed by atoms with Crippen molar-refractivity contribution in [2.75, 3.05) is 5.73 Å². The number of carbonyl (C=O) groups excluding carboxylic acids is 1. The number of hydrogen-bond acceptors (Lipinski definition) is 5. The lowest BCUT2D eigenvalue weighted by atomic mass is 9.97. The van der Waals surface area contributed by atoms with Crippen molar-refractivity contribution >= 4 is 28.3 Å². The van der Waals surface area contributed by atoms with Gasteiger partial charge in [0, 0.05) is 12.1 Å². The number of nitrogens with zero attached hydrogens (tertiary/aromatic N) is 3. The minimum Gasteiger partial charge on any atom is -0.457 e. The third-order valence-electron chi connectivity index (χ3n) is 5.62. The third-order valence-corrected chi connectivity index (χ3v) is 5.62. The number of nitrogen functional groups attached to an aromatic ring is 1. The molecule has 0 bridgehead atoms. The van der Waals surface area contributed by atoms with E-state index in [0.717, 1.165) is 39.3 Å². The van der Waals surface area contributed by atoms with Crippen molar-refractivity contribution in [1.29, 1.82) is 0 Å². The fourth-order valence-corrected chi connectivity index (χ4v) is 4.20. The fraction of sp³-hybridized carbons (Fsp3) is 0.115. The van der Waals surface area contributed by atoms with Gasteiger partial charge >= 0.3 is 0 Å².